The summed E-state index contributed by atoms with van der Waals surface area (Å²) in [5.41, 5.74) is 4.93. The van der Waals surface area contributed by atoms with Gasteiger partial charge in [0.05, 0.1) is 11.0 Å². The lowest BCUT2D eigenvalue weighted by Crippen LogP contribution is -1.92. The smallest absolute Gasteiger partial charge is 0.0541 e. The molecule has 0 spiro atoms. The number of aromatic nitrogens is 1. The summed E-state index contributed by atoms with van der Waals surface area (Å²) in [5.74, 6) is 0. The van der Waals surface area contributed by atoms with Gasteiger partial charge in [-0.25, -0.2) is 0 Å². The molecule has 0 atom stereocenters. The van der Waals surface area contributed by atoms with Crippen molar-refractivity contribution in [1.82, 2.24) is 4.57 Å². The summed E-state index contributed by atoms with van der Waals surface area (Å²) in [6.07, 6.45) is 0. The van der Waals surface area contributed by atoms with E-state index >= 15 is 0 Å². The molecule has 120 valence electrons. The molecule has 0 aliphatic rings. The molecule has 2 heterocycles. The monoisotopic (exact) mass is 403 g/mol. The molecule has 0 amide bonds. The van der Waals surface area contributed by atoms with Crippen LogP contribution in [0.25, 0.3) is 37.9 Å². The van der Waals surface area contributed by atoms with Gasteiger partial charge in [0.2, 0.25) is 0 Å². The molecule has 25 heavy (non-hydrogen) atoms. The first-order valence-electron chi connectivity index (χ1n) is 8.14. The van der Waals surface area contributed by atoms with Crippen molar-refractivity contribution in [3.8, 4) is 16.1 Å². The van der Waals surface area contributed by atoms with E-state index in [2.05, 4.69) is 105 Å². The minimum atomic E-state index is 1.11. The highest BCUT2D eigenvalue weighted by atomic mass is 79.9. The first kappa shape index (κ1) is 14.9. The van der Waals surface area contributed by atoms with Crippen molar-refractivity contribution in [2.75, 3.05) is 0 Å². The minimum Gasteiger partial charge on any atom is -0.309 e. The maximum Gasteiger partial charge on any atom is 0.0541 e. The Kier molecular flexibility index (Phi) is 3.51. The second-order valence-electron chi connectivity index (χ2n) is 6.04. The van der Waals surface area contributed by atoms with Gasteiger partial charge in [0, 0.05) is 25.8 Å². The maximum absolute atomic E-state index is 3.63. The number of hydrogen-bond acceptors (Lipinski definition) is 1. The SMILES string of the molecule is Brc1ccc2c(c1)c1cc(-c3cccs3)ccc1n2-c1ccccc1. The summed E-state index contributed by atoms with van der Waals surface area (Å²) in [7, 11) is 0. The Morgan fingerprint density at radius 1 is 0.720 bits per heavy atom. The van der Waals surface area contributed by atoms with Crippen molar-refractivity contribution in [1.29, 1.82) is 0 Å². The van der Waals surface area contributed by atoms with Gasteiger partial charge in [-0.2, -0.15) is 0 Å². The molecule has 3 aromatic carbocycles. The van der Waals surface area contributed by atoms with E-state index in [0.717, 1.165) is 4.47 Å². The van der Waals surface area contributed by atoms with E-state index in [0.29, 0.717) is 0 Å². The summed E-state index contributed by atoms with van der Waals surface area (Å²) in [6.45, 7) is 0. The predicted octanol–water partition coefficient (Wildman–Crippen LogP) is 7.27. The topological polar surface area (TPSA) is 4.93 Å². The molecule has 0 saturated heterocycles. The molecule has 0 unspecified atom stereocenters. The van der Waals surface area contributed by atoms with Crippen LogP contribution in [0, 0.1) is 0 Å². The Morgan fingerprint density at radius 3 is 2.24 bits per heavy atom. The quantitative estimate of drug-likeness (QED) is 0.291. The van der Waals surface area contributed by atoms with E-state index in [1.54, 1.807) is 11.3 Å². The van der Waals surface area contributed by atoms with Gasteiger partial charge in [-0.3, -0.25) is 0 Å². The third-order valence-corrected chi connectivity index (χ3v) is 5.96. The Balaban J connectivity index is 1.90. The van der Waals surface area contributed by atoms with Gasteiger partial charge >= 0.3 is 0 Å². The van der Waals surface area contributed by atoms with Crippen LogP contribution < -0.4 is 0 Å². The van der Waals surface area contributed by atoms with Crippen LogP contribution in [0.1, 0.15) is 0 Å². The van der Waals surface area contributed by atoms with E-state index in [1.165, 1.54) is 37.9 Å². The molecule has 0 N–H and O–H groups in total. The van der Waals surface area contributed by atoms with Gasteiger partial charge in [0.25, 0.3) is 0 Å². The highest BCUT2D eigenvalue weighted by Gasteiger charge is 2.13. The predicted molar refractivity (Wildman–Crippen MR) is 112 cm³/mol. The molecule has 5 rings (SSSR count). The standard InChI is InChI=1S/C22H14BrNS/c23-16-9-11-21-19(14-16)18-13-15(22-7-4-12-25-22)8-10-20(18)24(21)17-5-2-1-3-6-17/h1-14H. The van der Waals surface area contributed by atoms with Crippen LogP contribution in [0.4, 0.5) is 0 Å². The second-order valence-corrected chi connectivity index (χ2v) is 7.91. The number of halogens is 1. The molecule has 1 nitrogen and oxygen atoms in total. The van der Waals surface area contributed by atoms with Crippen molar-refractivity contribution < 1.29 is 0 Å². The van der Waals surface area contributed by atoms with Crippen molar-refractivity contribution in [3.63, 3.8) is 0 Å². The lowest BCUT2D eigenvalue weighted by molar-refractivity contribution is 1.18. The fourth-order valence-electron chi connectivity index (χ4n) is 3.45. The molecule has 0 fully saturated rings. The molecular formula is C22H14BrNS. The number of fused-ring (bicyclic) bond motifs is 3. The van der Waals surface area contributed by atoms with Gasteiger partial charge < -0.3 is 4.57 Å². The third kappa shape index (κ3) is 2.43. The number of thiophene rings is 1. The number of hydrogen-bond donors (Lipinski definition) is 0. The fourth-order valence-corrected chi connectivity index (χ4v) is 4.53. The first-order valence-corrected chi connectivity index (χ1v) is 9.81. The summed E-state index contributed by atoms with van der Waals surface area (Å²) < 4.78 is 3.45. The molecular weight excluding hydrogens is 390 g/mol. The van der Waals surface area contributed by atoms with Crippen LogP contribution in [0.2, 0.25) is 0 Å². The average Bonchev–Trinajstić information content (AvgIpc) is 3.28. The van der Waals surface area contributed by atoms with Gasteiger partial charge in [-0.05, 0) is 59.5 Å². The largest absolute Gasteiger partial charge is 0.309 e. The van der Waals surface area contributed by atoms with Crippen LogP contribution in [0.3, 0.4) is 0 Å². The van der Waals surface area contributed by atoms with Crippen molar-refractivity contribution in [2.45, 2.75) is 0 Å². The van der Waals surface area contributed by atoms with Gasteiger partial charge in [0.1, 0.15) is 0 Å². The Labute approximate surface area is 158 Å². The van der Waals surface area contributed by atoms with E-state index in [-0.39, 0.29) is 0 Å². The highest BCUT2D eigenvalue weighted by molar-refractivity contribution is 9.10. The summed E-state index contributed by atoms with van der Waals surface area (Å²) in [6, 6.07) is 28.1. The van der Waals surface area contributed by atoms with Crippen molar-refractivity contribution >= 4 is 49.1 Å². The van der Waals surface area contributed by atoms with E-state index < -0.39 is 0 Å². The van der Waals surface area contributed by atoms with Crippen LogP contribution in [0.15, 0.2) is 88.7 Å². The summed E-state index contributed by atoms with van der Waals surface area (Å²) in [5, 5.41) is 4.68. The lowest BCUT2D eigenvalue weighted by Gasteiger charge is -2.07. The van der Waals surface area contributed by atoms with Crippen LogP contribution in [-0.4, -0.2) is 4.57 Å². The van der Waals surface area contributed by atoms with Crippen LogP contribution in [0.5, 0.6) is 0 Å². The fraction of sp³-hybridized carbons (Fsp3) is 0. The van der Waals surface area contributed by atoms with Gasteiger partial charge in [0.15, 0.2) is 0 Å². The molecule has 0 aliphatic heterocycles. The van der Waals surface area contributed by atoms with E-state index in [9.17, 15) is 0 Å². The third-order valence-electron chi connectivity index (χ3n) is 4.55. The summed E-state index contributed by atoms with van der Waals surface area (Å²) >= 11 is 5.41. The maximum atomic E-state index is 3.63. The normalized spacial score (nSPS) is 11.4. The zero-order chi connectivity index (χ0) is 16.8. The summed E-state index contributed by atoms with van der Waals surface area (Å²) in [4.78, 5) is 1.30. The lowest BCUT2D eigenvalue weighted by atomic mass is 10.1. The number of benzene rings is 3. The number of para-hydroxylation sites is 1. The first-order chi connectivity index (χ1) is 12.3. The van der Waals surface area contributed by atoms with Gasteiger partial charge in [-0.1, -0.05) is 46.3 Å². The molecule has 5 aromatic rings. The molecule has 3 heteroatoms. The Hall–Kier alpha value is -2.36. The number of nitrogens with zero attached hydrogens (tertiary/aromatic N) is 1. The molecule has 0 aliphatic carbocycles. The van der Waals surface area contributed by atoms with Crippen LogP contribution in [-0.2, 0) is 0 Å². The Bertz CT molecular complexity index is 1190. The second kappa shape index (κ2) is 5.87. The molecule has 2 aromatic heterocycles. The zero-order valence-electron chi connectivity index (χ0n) is 13.3. The molecule has 0 saturated carbocycles. The average molecular weight is 404 g/mol. The van der Waals surface area contributed by atoms with E-state index in [4.69, 9.17) is 0 Å². The van der Waals surface area contributed by atoms with Crippen molar-refractivity contribution in [3.05, 3.63) is 88.7 Å². The van der Waals surface area contributed by atoms with E-state index in [1.807, 2.05) is 0 Å². The molecule has 0 radical (unpaired) electrons. The Morgan fingerprint density at radius 2 is 1.48 bits per heavy atom. The van der Waals surface area contributed by atoms with Crippen LogP contribution >= 0.6 is 27.3 Å². The van der Waals surface area contributed by atoms with Crippen molar-refractivity contribution in [2.24, 2.45) is 0 Å². The minimum absolute atomic E-state index is 1.11. The molecule has 0 bridgehead atoms. The zero-order valence-corrected chi connectivity index (χ0v) is 15.7. The highest BCUT2D eigenvalue weighted by Crippen LogP contribution is 2.36. The van der Waals surface area contributed by atoms with Gasteiger partial charge in [-0.15, -0.1) is 11.3 Å². The number of rotatable bonds is 2.